The minimum absolute atomic E-state index is 0.0936. The average molecular weight is 235 g/mol. The van der Waals surface area contributed by atoms with Crippen LogP contribution < -0.4 is 0 Å². The van der Waals surface area contributed by atoms with Crippen LogP contribution in [0.15, 0.2) is 24.3 Å². The summed E-state index contributed by atoms with van der Waals surface area (Å²) in [6.07, 6.45) is 8.57. The number of halogens is 2. The fourth-order valence-corrected chi connectivity index (χ4v) is 0.879. The fraction of sp³-hybridized carbons (Fsp3) is 0.600. The molecule has 0 bridgehead atoms. The molecule has 0 heterocycles. The van der Waals surface area contributed by atoms with Gasteiger partial charge in [0.2, 0.25) is 0 Å². The maximum absolute atomic E-state index is 12.9. The Bertz CT molecular complexity index is 150. The normalized spacial score (nSPS) is 17.3. The van der Waals surface area contributed by atoms with Crippen molar-refractivity contribution in [1.82, 2.24) is 0 Å². The molecular formula is C10H16BrF. The first-order valence-corrected chi connectivity index (χ1v) is 5.19. The van der Waals surface area contributed by atoms with Crippen LogP contribution >= 0.6 is 15.9 Å². The minimum atomic E-state index is -0.875. The van der Waals surface area contributed by atoms with Crippen LogP contribution in [0.3, 0.4) is 0 Å². The molecule has 0 N–H and O–H groups in total. The molecule has 0 saturated carbocycles. The van der Waals surface area contributed by atoms with Crippen LogP contribution in [-0.2, 0) is 0 Å². The highest BCUT2D eigenvalue weighted by atomic mass is 79.9. The van der Waals surface area contributed by atoms with Crippen molar-refractivity contribution in [3.05, 3.63) is 24.3 Å². The SMILES string of the molecule is CC/C=C\C/C=C\C(F)[C@@H](C)Br. The van der Waals surface area contributed by atoms with E-state index in [1.165, 1.54) is 0 Å². The Morgan fingerprint density at radius 2 is 2.00 bits per heavy atom. The smallest absolute Gasteiger partial charge is 0.130 e. The van der Waals surface area contributed by atoms with E-state index >= 15 is 0 Å². The lowest BCUT2D eigenvalue weighted by molar-refractivity contribution is 0.401. The fourth-order valence-electron chi connectivity index (χ4n) is 0.703. The van der Waals surface area contributed by atoms with E-state index < -0.39 is 6.17 Å². The van der Waals surface area contributed by atoms with Gasteiger partial charge in [0.25, 0.3) is 0 Å². The van der Waals surface area contributed by atoms with Crippen LogP contribution in [0.25, 0.3) is 0 Å². The first kappa shape index (κ1) is 11.9. The predicted molar refractivity (Wildman–Crippen MR) is 56.5 cm³/mol. The number of rotatable bonds is 5. The molecule has 0 aromatic carbocycles. The molecule has 0 aliphatic carbocycles. The van der Waals surface area contributed by atoms with E-state index in [1.54, 1.807) is 13.0 Å². The van der Waals surface area contributed by atoms with Gasteiger partial charge < -0.3 is 0 Å². The highest BCUT2D eigenvalue weighted by Gasteiger charge is 2.06. The van der Waals surface area contributed by atoms with E-state index in [-0.39, 0.29) is 4.83 Å². The summed E-state index contributed by atoms with van der Waals surface area (Å²) in [7, 11) is 0. The highest BCUT2D eigenvalue weighted by Crippen LogP contribution is 2.09. The zero-order valence-electron chi connectivity index (χ0n) is 7.63. The van der Waals surface area contributed by atoms with Gasteiger partial charge in [-0.05, 0) is 19.8 Å². The van der Waals surface area contributed by atoms with Crippen LogP contribution in [0.2, 0.25) is 0 Å². The third kappa shape index (κ3) is 6.59. The van der Waals surface area contributed by atoms with Gasteiger partial charge in [-0.3, -0.25) is 0 Å². The van der Waals surface area contributed by atoms with Gasteiger partial charge in [-0.15, -0.1) is 0 Å². The van der Waals surface area contributed by atoms with Gasteiger partial charge in [-0.1, -0.05) is 47.2 Å². The summed E-state index contributed by atoms with van der Waals surface area (Å²) in [6.45, 7) is 3.88. The van der Waals surface area contributed by atoms with Crippen molar-refractivity contribution < 1.29 is 4.39 Å². The molecule has 0 rings (SSSR count). The molecule has 0 aliphatic rings. The summed E-state index contributed by atoms with van der Waals surface area (Å²) < 4.78 is 12.9. The first-order valence-electron chi connectivity index (χ1n) is 4.28. The summed E-state index contributed by atoms with van der Waals surface area (Å²) in [5.41, 5.74) is 0. The number of hydrogen-bond acceptors (Lipinski definition) is 0. The lowest BCUT2D eigenvalue weighted by atomic mass is 10.2. The Hall–Kier alpha value is -0.110. The largest absolute Gasteiger partial charge is 0.242 e. The lowest BCUT2D eigenvalue weighted by Crippen LogP contribution is -2.07. The third-order valence-electron chi connectivity index (χ3n) is 1.43. The Labute approximate surface area is 82.7 Å². The van der Waals surface area contributed by atoms with E-state index in [4.69, 9.17) is 0 Å². The van der Waals surface area contributed by atoms with Gasteiger partial charge in [-0.25, -0.2) is 4.39 Å². The topological polar surface area (TPSA) is 0 Å². The van der Waals surface area contributed by atoms with Crippen LogP contribution in [0.5, 0.6) is 0 Å². The first-order chi connectivity index (χ1) is 5.68. The van der Waals surface area contributed by atoms with Gasteiger partial charge in [0.1, 0.15) is 6.17 Å². The van der Waals surface area contributed by atoms with Crippen molar-refractivity contribution in [3.8, 4) is 0 Å². The van der Waals surface area contributed by atoms with Crippen LogP contribution in [-0.4, -0.2) is 11.0 Å². The van der Waals surface area contributed by atoms with E-state index in [0.717, 1.165) is 12.8 Å². The standard InChI is InChI=1S/C10H16BrF/c1-3-4-5-6-7-8-10(12)9(2)11/h4-5,7-10H,3,6H2,1-2H3/b5-4-,8-7-/t9-,10?/m1/s1. The van der Waals surface area contributed by atoms with Crippen molar-refractivity contribution in [2.24, 2.45) is 0 Å². The van der Waals surface area contributed by atoms with E-state index in [2.05, 4.69) is 28.9 Å². The van der Waals surface area contributed by atoms with E-state index in [0.29, 0.717) is 0 Å². The van der Waals surface area contributed by atoms with Crippen molar-refractivity contribution in [3.63, 3.8) is 0 Å². The predicted octanol–water partition coefficient (Wildman–Crippen LogP) is 4.02. The van der Waals surface area contributed by atoms with Gasteiger partial charge in [0, 0.05) is 4.83 Å². The van der Waals surface area contributed by atoms with Crippen LogP contribution in [0.1, 0.15) is 26.7 Å². The Morgan fingerprint density at radius 1 is 1.33 bits per heavy atom. The minimum Gasteiger partial charge on any atom is -0.242 e. The third-order valence-corrected chi connectivity index (χ3v) is 1.94. The van der Waals surface area contributed by atoms with Crippen molar-refractivity contribution in [1.29, 1.82) is 0 Å². The highest BCUT2D eigenvalue weighted by molar-refractivity contribution is 9.09. The maximum Gasteiger partial charge on any atom is 0.130 e. The molecule has 0 amide bonds. The summed E-state index contributed by atoms with van der Waals surface area (Å²) in [6, 6.07) is 0. The second-order valence-electron chi connectivity index (χ2n) is 2.67. The van der Waals surface area contributed by atoms with Crippen LogP contribution in [0.4, 0.5) is 4.39 Å². The van der Waals surface area contributed by atoms with E-state index in [9.17, 15) is 4.39 Å². The second-order valence-corrected chi connectivity index (χ2v) is 4.11. The van der Waals surface area contributed by atoms with E-state index in [1.807, 2.05) is 12.2 Å². The molecule has 0 aliphatic heterocycles. The quantitative estimate of drug-likeness (QED) is 0.498. The Kier molecular flexibility index (Phi) is 7.47. The van der Waals surface area contributed by atoms with Gasteiger partial charge in [0.15, 0.2) is 0 Å². The molecule has 2 atom stereocenters. The number of hydrogen-bond donors (Lipinski definition) is 0. The average Bonchev–Trinajstić information content (AvgIpc) is 2.03. The molecule has 0 saturated heterocycles. The summed E-state index contributed by atoms with van der Waals surface area (Å²) in [5.74, 6) is 0. The second kappa shape index (κ2) is 7.53. The number of allylic oxidation sites excluding steroid dienone is 4. The van der Waals surface area contributed by atoms with Gasteiger partial charge in [-0.2, -0.15) is 0 Å². The number of alkyl halides is 2. The Morgan fingerprint density at radius 3 is 2.50 bits per heavy atom. The summed E-state index contributed by atoms with van der Waals surface area (Å²) >= 11 is 3.18. The molecule has 0 nitrogen and oxygen atoms in total. The summed E-state index contributed by atoms with van der Waals surface area (Å²) in [4.78, 5) is -0.0936. The molecule has 0 radical (unpaired) electrons. The molecule has 0 spiro atoms. The molecule has 0 aromatic rings. The molecule has 12 heavy (non-hydrogen) atoms. The van der Waals surface area contributed by atoms with Crippen molar-refractivity contribution in [2.45, 2.75) is 37.7 Å². The maximum atomic E-state index is 12.9. The molecule has 0 fully saturated rings. The molecule has 1 unspecified atom stereocenters. The molecular weight excluding hydrogens is 219 g/mol. The molecule has 70 valence electrons. The molecule has 2 heteroatoms. The Balaban J connectivity index is 3.54. The van der Waals surface area contributed by atoms with Crippen molar-refractivity contribution in [2.75, 3.05) is 0 Å². The van der Waals surface area contributed by atoms with Crippen LogP contribution in [0, 0.1) is 0 Å². The van der Waals surface area contributed by atoms with Crippen molar-refractivity contribution >= 4 is 15.9 Å². The summed E-state index contributed by atoms with van der Waals surface area (Å²) in [5, 5.41) is 0. The zero-order valence-corrected chi connectivity index (χ0v) is 9.22. The zero-order chi connectivity index (χ0) is 9.40. The van der Waals surface area contributed by atoms with Gasteiger partial charge in [0.05, 0.1) is 0 Å². The molecule has 0 aromatic heterocycles. The monoisotopic (exact) mass is 234 g/mol. The lowest BCUT2D eigenvalue weighted by Gasteiger charge is -2.02. The van der Waals surface area contributed by atoms with Gasteiger partial charge >= 0.3 is 0 Å².